The standard InChI is InChI=1S/C39H33BN2O2/c1-6-7-21-32-25(2)35-37(43-32)40-34-30(41(35)27-16-10-8-11-17-27)23-26(39(3,4)5)24-31(34)42(28-18-12-9-13-19-28)36-29-20-14-15-22-33(29)44-38(36)40/h6-24H,1H2,2-5H3/b21-7-. The Morgan fingerprint density at radius 2 is 1.30 bits per heavy atom. The molecule has 0 unspecified atom stereocenters. The Kier molecular flexibility index (Phi) is 5.82. The Morgan fingerprint density at radius 3 is 1.91 bits per heavy atom. The lowest BCUT2D eigenvalue weighted by Gasteiger charge is -2.42. The van der Waals surface area contributed by atoms with Crippen LogP contribution in [0, 0.1) is 6.92 Å². The van der Waals surface area contributed by atoms with Crippen LogP contribution >= 0.6 is 0 Å². The van der Waals surface area contributed by atoms with Gasteiger partial charge in [-0.3, -0.25) is 0 Å². The first-order chi connectivity index (χ1) is 21.4. The number of rotatable bonds is 4. The van der Waals surface area contributed by atoms with Crippen LogP contribution in [0.4, 0.5) is 34.1 Å². The summed E-state index contributed by atoms with van der Waals surface area (Å²) in [5.41, 5.74) is 12.7. The van der Waals surface area contributed by atoms with Gasteiger partial charge in [-0.2, -0.15) is 0 Å². The molecule has 5 heteroatoms. The molecule has 44 heavy (non-hydrogen) atoms. The Hall–Kier alpha value is -5.16. The predicted molar refractivity (Wildman–Crippen MR) is 185 cm³/mol. The van der Waals surface area contributed by atoms with Crippen molar-refractivity contribution in [1.29, 1.82) is 0 Å². The van der Waals surface area contributed by atoms with E-state index >= 15 is 0 Å². The number of para-hydroxylation sites is 3. The van der Waals surface area contributed by atoms with Crippen LogP contribution in [0.2, 0.25) is 0 Å². The van der Waals surface area contributed by atoms with Crippen LogP contribution in [-0.2, 0) is 5.41 Å². The Labute approximate surface area is 258 Å². The molecule has 0 bridgehead atoms. The van der Waals surface area contributed by atoms with Crippen LogP contribution < -0.4 is 26.6 Å². The minimum absolute atomic E-state index is 0.0892. The SMILES string of the molecule is C=C/C=C\c1oc2c(c1C)N(c1ccccc1)c1cc(C(C)(C)C)cc3c1B2c1oc2ccccc2c1N3c1ccccc1. The molecule has 2 aliphatic heterocycles. The molecule has 2 aromatic heterocycles. The fourth-order valence-electron chi connectivity index (χ4n) is 6.84. The van der Waals surface area contributed by atoms with Crippen molar-refractivity contribution in [1.82, 2.24) is 0 Å². The highest BCUT2D eigenvalue weighted by Crippen LogP contribution is 2.49. The molecule has 6 aromatic rings. The van der Waals surface area contributed by atoms with E-state index < -0.39 is 0 Å². The zero-order valence-corrected chi connectivity index (χ0v) is 25.5. The molecule has 4 aromatic carbocycles. The maximum Gasteiger partial charge on any atom is 0.342 e. The summed E-state index contributed by atoms with van der Waals surface area (Å²) in [7, 11) is 0. The van der Waals surface area contributed by atoms with Crippen molar-refractivity contribution in [3.8, 4) is 0 Å². The highest BCUT2D eigenvalue weighted by Gasteiger charge is 2.50. The van der Waals surface area contributed by atoms with Gasteiger partial charge in [-0.15, -0.1) is 0 Å². The van der Waals surface area contributed by atoms with Gasteiger partial charge < -0.3 is 18.6 Å². The van der Waals surface area contributed by atoms with Gasteiger partial charge in [0.2, 0.25) is 0 Å². The summed E-state index contributed by atoms with van der Waals surface area (Å²) in [6.07, 6.45) is 5.73. The number of nitrogens with zero attached hydrogens (tertiary/aromatic N) is 2. The molecule has 0 saturated heterocycles. The molecule has 2 aliphatic rings. The first-order valence-electron chi connectivity index (χ1n) is 15.2. The van der Waals surface area contributed by atoms with Crippen molar-refractivity contribution >= 4 is 74.7 Å². The zero-order chi connectivity index (χ0) is 30.2. The molecular weight excluding hydrogens is 539 g/mol. The number of furan rings is 2. The molecule has 0 N–H and O–H groups in total. The first-order valence-corrected chi connectivity index (χ1v) is 15.2. The molecule has 0 spiro atoms. The highest BCUT2D eigenvalue weighted by molar-refractivity contribution is 6.99. The molecule has 8 rings (SSSR count). The normalized spacial score (nSPS) is 13.8. The number of hydrogen-bond acceptors (Lipinski definition) is 4. The van der Waals surface area contributed by atoms with Gasteiger partial charge >= 0.3 is 6.71 Å². The van der Waals surface area contributed by atoms with Crippen molar-refractivity contribution in [2.75, 3.05) is 9.80 Å². The Morgan fingerprint density at radius 1 is 0.727 bits per heavy atom. The van der Waals surface area contributed by atoms with E-state index in [2.05, 4.69) is 135 Å². The van der Waals surface area contributed by atoms with Gasteiger partial charge in [0.15, 0.2) is 0 Å². The average molecular weight is 573 g/mol. The monoisotopic (exact) mass is 572 g/mol. The molecule has 0 saturated carbocycles. The minimum atomic E-state index is -0.226. The summed E-state index contributed by atoms with van der Waals surface area (Å²) in [4.78, 5) is 4.79. The second-order valence-electron chi connectivity index (χ2n) is 12.7. The highest BCUT2D eigenvalue weighted by atomic mass is 16.4. The van der Waals surface area contributed by atoms with Gasteiger partial charge in [-0.05, 0) is 78.0 Å². The molecule has 0 fully saturated rings. The number of hydrogen-bond donors (Lipinski definition) is 0. The lowest BCUT2D eigenvalue weighted by atomic mass is 9.37. The van der Waals surface area contributed by atoms with Gasteiger partial charge in [0.05, 0.1) is 11.4 Å². The third-order valence-corrected chi connectivity index (χ3v) is 8.93. The first kappa shape index (κ1) is 26.5. The van der Waals surface area contributed by atoms with E-state index in [0.717, 1.165) is 67.7 Å². The van der Waals surface area contributed by atoms with Crippen LogP contribution in [-0.4, -0.2) is 6.71 Å². The van der Waals surface area contributed by atoms with Crippen molar-refractivity contribution in [3.63, 3.8) is 0 Å². The fraction of sp³-hybridized carbons (Fsp3) is 0.128. The van der Waals surface area contributed by atoms with E-state index in [4.69, 9.17) is 8.83 Å². The van der Waals surface area contributed by atoms with Gasteiger partial charge in [-0.1, -0.05) is 88.0 Å². The maximum atomic E-state index is 6.88. The Balaban J connectivity index is 1.55. The second-order valence-corrected chi connectivity index (χ2v) is 12.7. The lowest BCUT2D eigenvalue weighted by Crippen LogP contribution is -2.60. The third-order valence-electron chi connectivity index (χ3n) is 8.93. The van der Waals surface area contributed by atoms with E-state index in [9.17, 15) is 0 Å². The summed E-state index contributed by atoms with van der Waals surface area (Å²) in [6.45, 7) is 12.7. The quantitative estimate of drug-likeness (QED) is 0.156. The molecule has 0 aliphatic carbocycles. The predicted octanol–water partition coefficient (Wildman–Crippen LogP) is 8.91. The van der Waals surface area contributed by atoms with Crippen LogP contribution in [0.3, 0.4) is 0 Å². The van der Waals surface area contributed by atoms with Crippen molar-refractivity contribution in [2.45, 2.75) is 33.1 Å². The van der Waals surface area contributed by atoms with Crippen LogP contribution in [0.5, 0.6) is 0 Å². The number of allylic oxidation sites excluding steroid dienone is 2. The molecule has 0 amide bonds. The zero-order valence-electron chi connectivity index (χ0n) is 25.5. The molecule has 0 radical (unpaired) electrons. The fourth-order valence-corrected chi connectivity index (χ4v) is 6.84. The van der Waals surface area contributed by atoms with E-state index in [1.165, 1.54) is 11.0 Å². The average Bonchev–Trinajstić information content (AvgIpc) is 3.58. The van der Waals surface area contributed by atoms with Crippen LogP contribution in [0.1, 0.15) is 37.7 Å². The van der Waals surface area contributed by atoms with E-state index in [-0.39, 0.29) is 12.1 Å². The summed E-state index contributed by atoms with van der Waals surface area (Å²) in [6, 6.07) is 34.4. The molecule has 214 valence electrons. The van der Waals surface area contributed by atoms with Crippen molar-refractivity contribution in [2.24, 2.45) is 0 Å². The number of anilines is 6. The van der Waals surface area contributed by atoms with Crippen molar-refractivity contribution in [3.05, 3.63) is 133 Å². The molecular formula is C39H33BN2O2. The van der Waals surface area contributed by atoms with Gasteiger partial charge in [0.1, 0.15) is 22.7 Å². The van der Waals surface area contributed by atoms with Crippen molar-refractivity contribution < 1.29 is 8.83 Å². The largest absolute Gasteiger partial charge is 0.468 e. The van der Waals surface area contributed by atoms with Crippen LogP contribution in [0.15, 0.2) is 125 Å². The molecule has 4 heterocycles. The smallest absolute Gasteiger partial charge is 0.342 e. The van der Waals surface area contributed by atoms with E-state index in [1.807, 2.05) is 18.2 Å². The molecule has 4 nitrogen and oxygen atoms in total. The van der Waals surface area contributed by atoms with Gasteiger partial charge in [-0.25, -0.2) is 0 Å². The number of benzene rings is 4. The Bertz CT molecular complexity index is 2100. The summed E-state index contributed by atoms with van der Waals surface area (Å²) < 4.78 is 13.7. The third kappa shape index (κ3) is 3.78. The van der Waals surface area contributed by atoms with Gasteiger partial charge in [0.25, 0.3) is 0 Å². The topological polar surface area (TPSA) is 32.8 Å². The van der Waals surface area contributed by atoms with Gasteiger partial charge in [0, 0.05) is 33.7 Å². The minimum Gasteiger partial charge on any atom is -0.468 e. The lowest BCUT2D eigenvalue weighted by molar-refractivity contribution is 0.584. The molecule has 0 atom stereocenters. The van der Waals surface area contributed by atoms with E-state index in [1.54, 1.807) is 6.08 Å². The maximum absolute atomic E-state index is 6.88. The second kappa shape index (κ2) is 9.68. The summed E-state index contributed by atoms with van der Waals surface area (Å²) >= 11 is 0. The summed E-state index contributed by atoms with van der Waals surface area (Å²) in [5, 5.41) is 1.09. The van der Waals surface area contributed by atoms with E-state index in [0.29, 0.717) is 0 Å². The van der Waals surface area contributed by atoms with Crippen LogP contribution in [0.25, 0.3) is 17.0 Å². The summed E-state index contributed by atoms with van der Waals surface area (Å²) in [5.74, 6) is 0.824. The number of fused-ring (bicyclic) bond motifs is 6.